The third kappa shape index (κ3) is 3.43. The van der Waals surface area contributed by atoms with Gasteiger partial charge in [0.25, 0.3) is 5.91 Å². The number of amides is 1. The van der Waals surface area contributed by atoms with Crippen LogP contribution in [0.5, 0.6) is 0 Å². The first-order valence-electron chi connectivity index (χ1n) is 6.25. The number of rotatable bonds is 3. The van der Waals surface area contributed by atoms with E-state index in [-0.39, 0.29) is 17.9 Å². The fraction of sp³-hybridized carbons (Fsp3) is 0.538. The first-order chi connectivity index (χ1) is 8.66. The highest BCUT2D eigenvalue weighted by Crippen LogP contribution is 2.23. The van der Waals surface area contributed by atoms with Crippen molar-refractivity contribution in [3.63, 3.8) is 0 Å². The lowest BCUT2D eigenvalue weighted by Crippen LogP contribution is -2.36. The second-order valence-electron chi connectivity index (χ2n) is 4.67. The van der Waals surface area contributed by atoms with Crippen molar-refractivity contribution in [2.75, 3.05) is 6.54 Å². The Morgan fingerprint density at radius 1 is 1.44 bits per heavy atom. The van der Waals surface area contributed by atoms with Crippen molar-refractivity contribution >= 4 is 17.5 Å². The number of aliphatic hydroxyl groups is 1. The highest BCUT2D eigenvalue weighted by atomic mass is 35.5. The maximum atomic E-state index is 11.8. The van der Waals surface area contributed by atoms with E-state index in [1.165, 1.54) is 0 Å². The molecule has 0 bridgehead atoms. The second-order valence-corrected chi connectivity index (χ2v) is 5.05. The Hall–Kier alpha value is -1.13. The van der Waals surface area contributed by atoms with Crippen LogP contribution >= 0.6 is 11.6 Å². The summed E-state index contributed by atoms with van der Waals surface area (Å²) in [5.74, 6) is -0.0860. The minimum atomic E-state index is -0.300. The highest BCUT2D eigenvalue weighted by molar-refractivity contribution is 6.29. The molecular weight excluding hydrogens is 252 g/mol. The standard InChI is InChI=1S/C13H17ClN2O2/c14-12-7-3-5-10(16-12)13(18)15-8-9-4-1-2-6-11(9)17/h3,5,7,9,11,17H,1-2,4,6,8H2,(H,15,18). The third-order valence-corrected chi connectivity index (χ3v) is 3.55. The van der Waals surface area contributed by atoms with E-state index in [9.17, 15) is 9.90 Å². The van der Waals surface area contributed by atoms with Crippen LogP contribution in [0.3, 0.4) is 0 Å². The molecule has 1 saturated carbocycles. The molecule has 0 saturated heterocycles. The smallest absolute Gasteiger partial charge is 0.269 e. The van der Waals surface area contributed by atoms with Gasteiger partial charge in [-0.05, 0) is 25.0 Å². The molecular formula is C13H17ClN2O2. The Balaban J connectivity index is 1.88. The molecule has 0 spiro atoms. The lowest BCUT2D eigenvalue weighted by molar-refractivity contribution is 0.0661. The summed E-state index contributed by atoms with van der Waals surface area (Å²) in [5.41, 5.74) is 0.313. The average molecular weight is 269 g/mol. The number of carbonyl (C=O) groups excluding carboxylic acids is 1. The third-order valence-electron chi connectivity index (χ3n) is 3.34. The molecule has 1 aliphatic carbocycles. The Kier molecular flexibility index (Phi) is 4.55. The van der Waals surface area contributed by atoms with Gasteiger partial charge in [-0.15, -0.1) is 0 Å². The molecule has 2 unspecified atom stereocenters. The lowest BCUT2D eigenvalue weighted by atomic mass is 9.86. The number of aromatic nitrogens is 1. The molecule has 2 N–H and O–H groups in total. The first kappa shape index (κ1) is 13.3. The van der Waals surface area contributed by atoms with Gasteiger partial charge in [0.1, 0.15) is 10.8 Å². The summed E-state index contributed by atoms with van der Waals surface area (Å²) in [7, 11) is 0. The van der Waals surface area contributed by atoms with Crippen LogP contribution < -0.4 is 5.32 Å². The monoisotopic (exact) mass is 268 g/mol. The molecule has 2 rings (SSSR count). The van der Waals surface area contributed by atoms with Gasteiger partial charge in [0.2, 0.25) is 0 Å². The number of nitrogens with zero attached hydrogens (tertiary/aromatic N) is 1. The average Bonchev–Trinajstić information content (AvgIpc) is 2.37. The number of hydrogen-bond donors (Lipinski definition) is 2. The predicted octanol–water partition coefficient (Wildman–Crippen LogP) is 2.02. The molecule has 1 amide bonds. The molecule has 0 radical (unpaired) electrons. The van der Waals surface area contributed by atoms with E-state index in [1.54, 1.807) is 18.2 Å². The molecule has 5 heteroatoms. The van der Waals surface area contributed by atoms with E-state index >= 15 is 0 Å². The highest BCUT2D eigenvalue weighted by Gasteiger charge is 2.23. The van der Waals surface area contributed by atoms with Crippen LogP contribution in [0.25, 0.3) is 0 Å². The topological polar surface area (TPSA) is 62.2 Å². The zero-order valence-electron chi connectivity index (χ0n) is 10.1. The van der Waals surface area contributed by atoms with Crippen molar-refractivity contribution in [2.45, 2.75) is 31.8 Å². The number of aliphatic hydroxyl groups excluding tert-OH is 1. The molecule has 0 aliphatic heterocycles. The fourth-order valence-electron chi connectivity index (χ4n) is 2.28. The second kappa shape index (κ2) is 6.16. The van der Waals surface area contributed by atoms with Gasteiger partial charge in [-0.2, -0.15) is 0 Å². The van der Waals surface area contributed by atoms with Crippen LogP contribution in [0.2, 0.25) is 5.15 Å². The summed E-state index contributed by atoms with van der Waals surface area (Å²) in [6.45, 7) is 0.494. The van der Waals surface area contributed by atoms with Gasteiger partial charge in [0.05, 0.1) is 6.10 Å². The van der Waals surface area contributed by atoms with Crippen LogP contribution in [-0.4, -0.2) is 28.6 Å². The summed E-state index contributed by atoms with van der Waals surface area (Å²) >= 11 is 5.73. The van der Waals surface area contributed by atoms with Crippen molar-refractivity contribution < 1.29 is 9.90 Å². The molecule has 4 nitrogen and oxygen atoms in total. The summed E-state index contributed by atoms with van der Waals surface area (Å²) in [4.78, 5) is 15.8. The molecule has 0 aromatic carbocycles. The van der Waals surface area contributed by atoms with Gasteiger partial charge in [-0.25, -0.2) is 4.98 Å². The maximum absolute atomic E-state index is 11.8. The molecule has 1 fully saturated rings. The molecule has 98 valence electrons. The van der Waals surface area contributed by atoms with E-state index in [1.807, 2.05) is 0 Å². The summed E-state index contributed by atoms with van der Waals surface area (Å²) in [6.07, 6.45) is 3.68. The number of hydrogen-bond acceptors (Lipinski definition) is 3. The Bertz CT molecular complexity index is 425. The summed E-state index contributed by atoms with van der Waals surface area (Å²) < 4.78 is 0. The number of halogens is 1. The van der Waals surface area contributed by atoms with Crippen LogP contribution in [0.4, 0.5) is 0 Å². The summed E-state index contributed by atoms with van der Waals surface area (Å²) in [5, 5.41) is 12.9. The predicted molar refractivity (Wildman–Crippen MR) is 69.5 cm³/mol. The van der Waals surface area contributed by atoms with E-state index < -0.39 is 0 Å². The van der Waals surface area contributed by atoms with Gasteiger partial charge in [0.15, 0.2) is 0 Å². The van der Waals surface area contributed by atoms with E-state index in [2.05, 4.69) is 10.3 Å². The van der Waals surface area contributed by atoms with Gasteiger partial charge in [-0.3, -0.25) is 4.79 Å². The van der Waals surface area contributed by atoms with Crippen molar-refractivity contribution in [1.82, 2.24) is 10.3 Å². The summed E-state index contributed by atoms with van der Waals surface area (Å²) in [6, 6.07) is 4.95. The van der Waals surface area contributed by atoms with Crippen molar-refractivity contribution in [3.8, 4) is 0 Å². The van der Waals surface area contributed by atoms with Gasteiger partial charge >= 0.3 is 0 Å². The lowest BCUT2D eigenvalue weighted by Gasteiger charge is -2.27. The largest absolute Gasteiger partial charge is 0.393 e. The Labute approximate surface area is 111 Å². The minimum Gasteiger partial charge on any atom is -0.393 e. The van der Waals surface area contributed by atoms with Gasteiger partial charge in [-0.1, -0.05) is 30.5 Å². The van der Waals surface area contributed by atoms with E-state index in [0.717, 1.165) is 25.7 Å². The molecule has 18 heavy (non-hydrogen) atoms. The van der Waals surface area contributed by atoms with Crippen LogP contribution in [0.15, 0.2) is 18.2 Å². The first-order valence-corrected chi connectivity index (χ1v) is 6.63. The van der Waals surface area contributed by atoms with E-state index in [4.69, 9.17) is 11.6 Å². The normalized spacial score (nSPS) is 23.7. The van der Waals surface area contributed by atoms with Gasteiger partial charge < -0.3 is 10.4 Å². The van der Waals surface area contributed by atoms with Gasteiger partial charge in [0, 0.05) is 12.5 Å². The SMILES string of the molecule is O=C(NCC1CCCCC1O)c1cccc(Cl)n1. The zero-order valence-corrected chi connectivity index (χ0v) is 10.9. The minimum absolute atomic E-state index is 0.155. The Morgan fingerprint density at radius 2 is 2.22 bits per heavy atom. The molecule has 1 aromatic heterocycles. The van der Waals surface area contributed by atoms with Crippen molar-refractivity contribution in [3.05, 3.63) is 29.0 Å². The number of carbonyl (C=O) groups is 1. The zero-order chi connectivity index (χ0) is 13.0. The van der Waals surface area contributed by atoms with Crippen LogP contribution in [0, 0.1) is 5.92 Å². The Morgan fingerprint density at radius 3 is 2.94 bits per heavy atom. The van der Waals surface area contributed by atoms with Crippen molar-refractivity contribution in [2.24, 2.45) is 5.92 Å². The fourth-order valence-corrected chi connectivity index (χ4v) is 2.44. The van der Waals surface area contributed by atoms with Crippen molar-refractivity contribution in [1.29, 1.82) is 0 Å². The van der Waals surface area contributed by atoms with E-state index in [0.29, 0.717) is 17.4 Å². The molecule has 2 atom stereocenters. The van der Waals surface area contributed by atoms with Crippen LogP contribution in [-0.2, 0) is 0 Å². The maximum Gasteiger partial charge on any atom is 0.269 e. The molecule has 1 heterocycles. The molecule has 1 aromatic rings. The number of nitrogens with one attached hydrogen (secondary N) is 1. The van der Waals surface area contributed by atoms with Crippen LogP contribution in [0.1, 0.15) is 36.2 Å². The quantitative estimate of drug-likeness (QED) is 0.825. The molecule has 1 aliphatic rings. The number of pyridine rings is 1.